The van der Waals surface area contributed by atoms with Gasteiger partial charge in [-0.25, -0.2) is 18.0 Å². The molecule has 0 aromatic rings. The number of nitrogens with one attached hydrogen (secondary N) is 2. The van der Waals surface area contributed by atoms with Gasteiger partial charge in [-0.1, -0.05) is 0 Å². The Labute approximate surface area is 118 Å². The standard InChI is InChI=1S/C11H22N2O6S/c1-11(2,7-19-3)13-10(16)12-8(9(14)15)5-6-20(4,17)18/h8H,5-7H2,1-4H3,(H,14,15)(H2,12,13,16). The highest BCUT2D eigenvalue weighted by Crippen LogP contribution is 2.03. The molecule has 20 heavy (non-hydrogen) atoms. The summed E-state index contributed by atoms with van der Waals surface area (Å²) in [6, 6.07) is -1.95. The molecule has 9 heteroatoms. The molecule has 1 atom stereocenters. The summed E-state index contributed by atoms with van der Waals surface area (Å²) in [7, 11) is -1.81. The maximum atomic E-state index is 11.7. The quantitative estimate of drug-likeness (QED) is 0.561. The molecule has 0 radical (unpaired) electrons. The van der Waals surface area contributed by atoms with Crippen LogP contribution in [0.25, 0.3) is 0 Å². The number of urea groups is 1. The zero-order valence-corrected chi connectivity index (χ0v) is 12.9. The average molecular weight is 310 g/mol. The SMILES string of the molecule is COCC(C)(C)NC(=O)NC(CCS(C)(=O)=O)C(=O)O. The van der Waals surface area contributed by atoms with E-state index in [1.54, 1.807) is 13.8 Å². The smallest absolute Gasteiger partial charge is 0.326 e. The minimum atomic E-state index is -3.29. The summed E-state index contributed by atoms with van der Waals surface area (Å²) in [5, 5.41) is 13.7. The van der Waals surface area contributed by atoms with E-state index in [4.69, 9.17) is 9.84 Å². The Morgan fingerprint density at radius 2 is 1.90 bits per heavy atom. The first-order valence-electron chi connectivity index (χ1n) is 5.95. The van der Waals surface area contributed by atoms with Gasteiger partial charge >= 0.3 is 12.0 Å². The van der Waals surface area contributed by atoms with E-state index in [2.05, 4.69) is 10.6 Å². The lowest BCUT2D eigenvalue weighted by molar-refractivity contribution is -0.139. The molecule has 0 aliphatic heterocycles. The molecular weight excluding hydrogens is 288 g/mol. The molecule has 8 nitrogen and oxygen atoms in total. The number of carbonyl (C=O) groups is 2. The van der Waals surface area contributed by atoms with Gasteiger partial charge in [-0.2, -0.15) is 0 Å². The highest BCUT2D eigenvalue weighted by atomic mass is 32.2. The predicted octanol–water partition coefficient (Wildman–Crippen LogP) is -0.401. The van der Waals surface area contributed by atoms with Gasteiger partial charge in [0, 0.05) is 13.4 Å². The molecule has 0 rings (SSSR count). The Bertz CT molecular complexity index is 446. The van der Waals surface area contributed by atoms with Gasteiger partial charge in [-0.15, -0.1) is 0 Å². The number of carboxylic acids is 1. The van der Waals surface area contributed by atoms with Crippen molar-refractivity contribution < 1.29 is 27.9 Å². The zero-order valence-electron chi connectivity index (χ0n) is 12.1. The monoisotopic (exact) mass is 310 g/mol. The number of hydrogen-bond acceptors (Lipinski definition) is 5. The zero-order chi connectivity index (χ0) is 16.0. The highest BCUT2D eigenvalue weighted by Gasteiger charge is 2.25. The first-order chi connectivity index (χ1) is 8.97. The molecule has 1 unspecified atom stereocenters. The number of carbonyl (C=O) groups excluding carboxylic acids is 1. The van der Waals surface area contributed by atoms with Crippen LogP contribution in [-0.4, -0.2) is 62.8 Å². The average Bonchev–Trinajstić information content (AvgIpc) is 2.21. The van der Waals surface area contributed by atoms with Crippen LogP contribution in [0.4, 0.5) is 4.79 Å². The third-order valence-electron chi connectivity index (χ3n) is 2.34. The van der Waals surface area contributed by atoms with Gasteiger partial charge in [0.1, 0.15) is 15.9 Å². The van der Waals surface area contributed by atoms with Gasteiger partial charge in [0.05, 0.1) is 17.9 Å². The fourth-order valence-corrected chi connectivity index (χ4v) is 2.15. The molecule has 3 N–H and O–H groups in total. The van der Waals surface area contributed by atoms with Crippen molar-refractivity contribution in [2.24, 2.45) is 0 Å². The molecule has 0 heterocycles. The summed E-state index contributed by atoms with van der Waals surface area (Å²) in [5.74, 6) is -1.60. The van der Waals surface area contributed by atoms with Gasteiger partial charge in [-0.3, -0.25) is 0 Å². The van der Waals surface area contributed by atoms with Crippen LogP contribution < -0.4 is 10.6 Å². The van der Waals surface area contributed by atoms with Crippen LogP contribution in [0.5, 0.6) is 0 Å². The van der Waals surface area contributed by atoms with Crippen LogP contribution in [0.3, 0.4) is 0 Å². The number of amides is 2. The molecule has 0 aromatic heterocycles. The van der Waals surface area contributed by atoms with Crippen molar-refractivity contribution >= 4 is 21.8 Å². The number of carboxylic acid groups (broad SMARTS) is 1. The van der Waals surface area contributed by atoms with Crippen LogP contribution >= 0.6 is 0 Å². The summed E-state index contributed by atoms with van der Waals surface area (Å²) < 4.78 is 27.0. The molecule has 0 saturated heterocycles. The highest BCUT2D eigenvalue weighted by molar-refractivity contribution is 7.90. The summed E-state index contributed by atoms with van der Waals surface area (Å²) in [4.78, 5) is 22.7. The fourth-order valence-electron chi connectivity index (χ4n) is 1.49. The van der Waals surface area contributed by atoms with E-state index in [-0.39, 0.29) is 18.8 Å². The van der Waals surface area contributed by atoms with Gasteiger partial charge in [0.25, 0.3) is 0 Å². The molecule has 0 aromatic carbocycles. The van der Waals surface area contributed by atoms with Gasteiger partial charge in [-0.05, 0) is 20.3 Å². The number of hydrogen-bond donors (Lipinski definition) is 3. The molecule has 0 saturated carbocycles. The van der Waals surface area contributed by atoms with Crippen LogP contribution in [0, 0.1) is 0 Å². The lowest BCUT2D eigenvalue weighted by Crippen LogP contribution is -2.54. The van der Waals surface area contributed by atoms with Gasteiger partial charge in [0.2, 0.25) is 0 Å². The molecule has 0 spiro atoms. The molecule has 118 valence electrons. The van der Waals surface area contributed by atoms with Crippen molar-refractivity contribution in [3.63, 3.8) is 0 Å². The third kappa shape index (κ3) is 8.70. The Balaban J connectivity index is 4.53. The van der Waals surface area contributed by atoms with E-state index >= 15 is 0 Å². The molecular formula is C11H22N2O6S. The molecule has 2 amide bonds. The second kappa shape index (κ2) is 7.44. The van der Waals surface area contributed by atoms with Crippen molar-refractivity contribution in [1.82, 2.24) is 10.6 Å². The summed E-state index contributed by atoms with van der Waals surface area (Å²) >= 11 is 0. The summed E-state index contributed by atoms with van der Waals surface area (Å²) in [6.45, 7) is 3.67. The number of aliphatic carboxylic acids is 1. The normalized spacial score (nSPS) is 13.6. The minimum absolute atomic E-state index is 0.188. The molecule has 0 fully saturated rings. The Hall–Kier alpha value is -1.35. The number of sulfone groups is 1. The van der Waals surface area contributed by atoms with Crippen LogP contribution in [0.2, 0.25) is 0 Å². The van der Waals surface area contributed by atoms with Crippen molar-refractivity contribution in [1.29, 1.82) is 0 Å². The Morgan fingerprint density at radius 3 is 2.30 bits per heavy atom. The van der Waals surface area contributed by atoms with Crippen molar-refractivity contribution in [2.45, 2.75) is 31.8 Å². The van der Waals surface area contributed by atoms with E-state index in [9.17, 15) is 18.0 Å². The number of rotatable bonds is 8. The fraction of sp³-hybridized carbons (Fsp3) is 0.818. The van der Waals surface area contributed by atoms with Crippen LogP contribution in [-0.2, 0) is 19.4 Å². The lowest BCUT2D eigenvalue weighted by atomic mass is 10.1. The largest absolute Gasteiger partial charge is 0.480 e. The van der Waals surface area contributed by atoms with E-state index < -0.39 is 33.4 Å². The van der Waals surface area contributed by atoms with E-state index in [1.807, 2.05) is 0 Å². The summed E-state index contributed by atoms with van der Waals surface area (Å²) in [5.41, 5.74) is -0.668. The van der Waals surface area contributed by atoms with Gasteiger partial charge < -0.3 is 20.5 Å². The maximum absolute atomic E-state index is 11.7. The van der Waals surface area contributed by atoms with Crippen molar-refractivity contribution in [3.05, 3.63) is 0 Å². The first kappa shape index (κ1) is 18.7. The van der Waals surface area contributed by atoms with E-state index in [0.29, 0.717) is 0 Å². The minimum Gasteiger partial charge on any atom is -0.480 e. The van der Waals surface area contributed by atoms with Crippen LogP contribution in [0.1, 0.15) is 20.3 Å². The van der Waals surface area contributed by atoms with Crippen molar-refractivity contribution in [2.75, 3.05) is 25.7 Å². The topological polar surface area (TPSA) is 122 Å². The lowest BCUT2D eigenvalue weighted by Gasteiger charge is -2.26. The molecule has 0 aliphatic carbocycles. The number of methoxy groups -OCH3 is 1. The second-order valence-corrected chi connectivity index (χ2v) is 7.48. The van der Waals surface area contributed by atoms with Crippen LogP contribution in [0.15, 0.2) is 0 Å². The molecule has 0 aliphatic rings. The summed E-state index contributed by atoms with van der Waals surface area (Å²) in [6.07, 6.45) is 0.819. The maximum Gasteiger partial charge on any atom is 0.326 e. The Morgan fingerprint density at radius 1 is 1.35 bits per heavy atom. The molecule has 0 bridgehead atoms. The van der Waals surface area contributed by atoms with Crippen molar-refractivity contribution in [3.8, 4) is 0 Å². The third-order valence-corrected chi connectivity index (χ3v) is 3.32. The van der Waals surface area contributed by atoms with E-state index in [1.165, 1.54) is 7.11 Å². The predicted molar refractivity (Wildman–Crippen MR) is 73.4 cm³/mol. The number of ether oxygens (including phenoxy) is 1. The van der Waals surface area contributed by atoms with Gasteiger partial charge in [0.15, 0.2) is 0 Å². The van der Waals surface area contributed by atoms with E-state index in [0.717, 1.165) is 6.26 Å². The first-order valence-corrected chi connectivity index (χ1v) is 8.01. The Kier molecular flexibility index (Phi) is 6.94. The second-order valence-electron chi connectivity index (χ2n) is 5.22.